The summed E-state index contributed by atoms with van der Waals surface area (Å²) >= 11 is 0. The number of benzene rings is 1. The molecule has 0 spiro atoms. The third-order valence-electron chi connectivity index (χ3n) is 3.73. The highest BCUT2D eigenvalue weighted by Gasteiger charge is 2.19. The van der Waals surface area contributed by atoms with E-state index in [9.17, 15) is 0 Å². The van der Waals surface area contributed by atoms with Gasteiger partial charge in [-0.25, -0.2) is 9.97 Å². The Morgan fingerprint density at radius 3 is 2.30 bits per heavy atom. The summed E-state index contributed by atoms with van der Waals surface area (Å²) in [5, 5.41) is 0. The van der Waals surface area contributed by atoms with E-state index in [-0.39, 0.29) is 0 Å². The van der Waals surface area contributed by atoms with Gasteiger partial charge in [-0.05, 0) is 36.8 Å². The van der Waals surface area contributed by atoms with Crippen LogP contribution in [0.4, 0.5) is 17.3 Å². The zero-order chi connectivity index (χ0) is 13.9. The van der Waals surface area contributed by atoms with Crippen molar-refractivity contribution in [1.29, 1.82) is 0 Å². The molecule has 2 aromatic rings. The van der Waals surface area contributed by atoms with Crippen molar-refractivity contribution in [2.24, 2.45) is 0 Å². The molecule has 1 aromatic heterocycles. The fourth-order valence-electron chi connectivity index (χ4n) is 2.48. The van der Waals surface area contributed by atoms with Gasteiger partial charge in [-0.3, -0.25) is 0 Å². The second-order valence-corrected chi connectivity index (χ2v) is 5.06. The van der Waals surface area contributed by atoms with Crippen molar-refractivity contribution in [3.05, 3.63) is 42.2 Å². The Balaban J connectivity index is 1.68. The molecule has 1 aromatic carbocycles. The molecule has 1 saturated heterocycles. The van der Waals surface area contributed by atoms with Crippen LogP contribution in [-0.4, -0.2) is 36.1 Å². The van der Waals surface area contributed by atoms with Gasteiger partial charge in [0.05, 0.1) is 0 Å². The Morgan fingerprint density at radius 1 is 1.00 bits per heavy atom. The van der Waals surface area contributed by atoms with Crippen molar-refractivity contribution in [2.75, 3.05) is 41.7 Å². The first-order valence-corrected chi connectivity index (χ1v) is 6.87. The predicted octanol–water partition coefficient (Wildman–Crippen LogP) is 1.69. The van der Waals surface area contributed by atoms with Gasteiger partial charge in [-0.15, -0.1) is 0 Å². The van der Waals surface area contributed by atoms with E-state index in [1.54, 1.807) is 12.4 Å². The van der Waals surface area contributed by atoms with Gasteiger partial charge in [0.25, 0.3) is 0 Å². The van der Waals surface area contributed by atoms with E-state index in [4.69, 9.17) is 5.73 Å². The van der Waals surface area contributed by atoms with Gasteiger partial charge in [0.15, 0.2) is 0 Å². The van der Waals surface area contributed by atoms with Crippen LogP contribution in [0.25, 0.3) is 0 Å². The highest BCUT2D eigenvalue weighted by atomic mass is 15.3. The largest absolute Gasteiger partial charge is 0.399 e. The van der Waals surface area contributed by atoms with E-state index >= 15 is 0 Å². The maximum absolute atomic E-state index is 5.87. The topological polar surface area (TPSA) is 58.3 Å². The molecule has 20 heavy (non-hydrogen) atoms. The first kappa shape index (κ1) is 12.7. The lowest BCUT2D eigenvalue weighted by Crippen LogP contribution is -2.47. The van der Waals surface area contributed by atoms with Crippen LogP contribution in [0.3, 0.4) is 0 Å². The summed E-state index contributed by atoms with van der Waals surface area (Å²) in [4.78, 5) is 13.2. The van der Waals surface area contributed by atoms with E-state index in [1.807, 2.05) is 19.1 Å². The van der Waals surface area contributed by atoms with Gasteiger partial charge in [-0.2, -0.15) is 0 Å². The molecular formula is C15H19N5. The van der Waals surface area contributed by atoms with Gasteiger partial charge in [0, 0.05) is 49.9 Å². The number of nitrogens with two attached hydrogens (primary N) is 1. The van der Waals surface area contributed by atoms with Crippen molar-refractivity contribution in [2.45, 2.75) is 6.92 Å². The van der Waals surface area contributed by atoms with Gasteiger partial charge < -0.3 is 15.5 Å². The fraction of sp³-hybridized carbons (Fsp3) is 0.333. The SMILES string of the molecule is Cc1cc(N2CCN(c3ncccn3)CC2)ccc1N. The Hall–Kier alpha value is -2.30. The molecule has 3 rings (SSSR count). The Bertz CT molecular complexity index is 576. The Morgan fingerprint density at radius 2 is 1.65 bits per heavy atom. The van der Waals surface area contributed by atoms with Crippen LogP contribution in [0.5, 0.6) is 0 Å². The molecule has 1 fully saturated rings. The molecule has 0 saturated carbocycles. The highest BCUT2D eigenvalue weighted by molar-refractivity contribution is 5.58. The summed E-state index contributed by atoms with van der Waals surface area (Å²) in [5.74, 6) is 0.820. The van der Waals surface area contributed by atoms with Crippen LogP contribution < -0.4 is 15.5 Å². The minimum absolute atomic E-state index is 0.820. The number of aryl methyl sites for hydroxylation is 1. The summed E-state index contributed by atoms with van der Waals surface area (Å²) in [6.07, 6.45) is 3.58. The maximum Gasteiger partial charge on any atom is 0.225 e. The molecular weight excluding hydrogens is 250 g/mol. The molecule has 5 nitrogen and oxygen atoms in total. The van der Waals surface area contributed by atoms with Gasteiger partial charge in [0.1, 0.15) is 0 Å². The number of aromatic nitrogens is 2. The third-order valence-corrected chi connectivity index (χ3v) is 3.73. The number of nitrogens with zero attached hydrogens (tertiary/aromatic N) is 4. The van der Waals surface area contributed by atoms with Crippen molar-refractivity contribution in [3.8, 4) is 0 Å². The number of piperazine rings is 1. The molecule has 2 heterocycles. The molecule has 5 heteroatoms. The first-order valence-electron chi connectivity index (χ1n) is 6.87. The normalized spacial score (nSPS) is 15.4. The number of rotatable bonds is 2. The molecule has 1 aliphatic heterocycles. The molecule has 0 radical (unpaired) electrons. The highest BCUT2D eigenvalue weighted by Crippen LogP contribution is 2.22. The fourth-order valence-corrected chi connectivity index (χ4v) is 2.48. The number of hydrogen-bond donors (Lipinski definition) is 1. The molecule has 0 unspecified atom stereocenters. The molecule has 0 atom stereocenters. The zero-order valence-corrected chi connectivity index (χ0v) is 11.7. The van der Waals surface area contributed by atoms with Crippen LogP contribution in [0.1, 0.15) is 5.56 Å². The molecule has 0 aliphatic carbocycles. The average molecular weight is 269 g/mol. The Labute approximate surface area is 119 Å². The van der Waals surface area contributed by atoms with Gasteiger partial charge >= 0.3 is 0 Å². The second kappa shape index (κ2) is 5.36. The van der Waals surface area contributed by atoms with Gasteiger partial charge in [0.2, 0.25) is 5.95 Å². The minimum atomic E-state index is 0.820. The summed E-state index contributed by atoms with van der Waals surface area (Å²) in [7, 11) is 0. The lowest BCUT2D eigenvalue weighted by Gasteiger charge is -2.36. The van der Waals surface area contributed by atoms with Crippen LogP contribution in [0.15, 0.2) is 36.7 Å². The smallest absolute Gasteiger partial charge is 0.225 e. The van der Waals surface area contributed by atoms with E-state index in [2.05, 4.69) is 31.9 Å². The van der Waals surface area contributed by atoms with E-state index in [0.29, 0.717) is 0 Å². The van der Waals surface area contributed by atoms with E-state index in [0.717, 1.165) is 43.4 Å². The van der Waals surface area contributed by atoms with E-state index in [1.165, 1.54) is 5.69 Å². The summed E-state index contributed by atoms with van der Waals surface area (Å²) in [6.45, 7) is 5.87. The third kappa shape index (κ3) is 2.52. The van der Waals surface area contributed by atoms with Crippen molar-refractivity contribution in [3.63, 3.8) is 0 Å². The molecule has 2 N–H and O–H groups in total. The number of nitrogen functional groups attached to an aromatic ring is 1. The zero-order valence-electron chi connectivity index (χ0n) is 11.7. The van der Waals surface area contributed by atoms with Crippen molar-refractivity contribution < 1.29 is 0 Å². The summed E-state index contributed by atoms with van der Waals surface area (Å²) in [5.41, 5.74) is 9.10. The summed E-state index contributed by atoms with van der Waals surface area (Å²) in [6, 6.07) is 8.08. The van der Waals surface area contributed by atoms with Gasteiger partial charge in [-0.1, -0.05) is 0 Å². The van der Waals surface area contributed by atoms with Crippen LogP contribution in [0.2, 0.25) is 0 Å². The van der Waals surface area contributed by atoms with E-state index < -0.39 is 0 Å². The molecule has 104 valence electrons. The van der Waals surface area contributed by atoms with Crippen LogP contribution >= 0.6 is 0 Å². The number of hydrogen-bond acceptors (Lipinski definition) is 5. The van der Waals surface area contributed by atoms with Crippen LogP contribution in [-0.2, 0) is 0 Å². The molecule has 0 amide bonds. The summed E-state index contributed by atoms with van der Waals surface area (Å²) < 4.78 is 0. The van der Waals surface area contributed by atoms with Crippen molar-refractivity contribution >= 4 is 17.3 Å². The lowest BCUT2D eigenvalue weighted by molar-refractivity contribution is 0.640. The maximum atomic E-state index is 5.87. The number of anilines is 3. The Kier molecular flexibility index (Phi) is 3.41. The minimum Gasteiger partial charge on any atom is -0.399 e. The predicted molar refractivity (Wildman–Crippen MR) is 82.0 cm³/mol. The monoisotopic (exact) mass is 269 g/mol. The first-order chi connectivity index (χ1) is 9.74. The standard InChI is InChI=1S/C15H19N5/c1-12-11-13(3-4-14(12)16)19-7-9-20(10-8-19)15-17-5-2-6-18-15/h2-6,11H,7-10,16H2,1H3. The molecule has 1 aliphatic rings. The molecule has 0 bridgehead atoms. The quantitative estimate of drug-likeness (QED) is 0.841. The lowest BCUT2D eigenvalue weighted by atomic mass is 10.1. The van der Waals surface area contributed by atoms with Crippen molar-refractivity contribution in [1.82, 2.24) is 9.97 Å². The van der Waals surface area contributed by atoms with Crippen LogP contribution in [0, 0.1) is 6.92 Å². The second-order valence-electron chi connectivity index (χ2n) is 5.06. The average Bonchev–Trinajstić information content (AvgIpc) is 2.51.